The summed E-state index contributed by atoms with van der Waals surface area (Å²) in [5.41, 5.74) is 4.67. The van der Waals surface area contributed by atoms with Crippen LogP contribution in [-0.4, -0.2) is 45.2 Å². The van der Waals surface area contributed by atoms with Crippen LogP contribution < -0.4 is 0 Å². The Labute approximate surface area is 154 Å². The number of nitrogens with zero attached hydrogens (tertiary/aromatic N) is 2. The maximum atomic E-state index is 13.1. The van der Waals surface area contributed by atoms with Crippen molar-refractivity contribution < 1.29 is 9.59 Å². The molecule has 1 aromatic heterocycles. The average molecular weight is 353 g/mol. The maximum absolute atomic E-state index is 13.1. The van der Waals surface area contributed by atoms with Crippen LogP contribution in [0.1, 0.15) is 44.0 Å². The van der Waals surface area contributed by atoms with E-state index in [-0.39, 0.29) is 23.3 Å². The molecule has 138 valence electrons. The molecule has 1 saturated heterocycles. The van der Waals surface area contributed by atoms with Crippen molar-refractivity contribution in [1.82, 2.24) is 14.8 Å². The summed E-state index contributed by atoms with van der Waals surface area (Å²) in [6.45, 7) is 10.1. The average Bonchev–Trinajstić information content (AvgIpc) is 3.15. The number of hydrogen-bond donors (Lipinski definition) is 1. The molecule has 0 bridgehead atoms. The molecule has 1 aromatic carbocycles. The second-order valence-corrected chi connectivity index (χ2v) is 8.67. The fourth-order valence-electron chi connectivity index (χ4n) is 4.35. The summed E-state index contributed by atoms with van der Waals surface area (Å²) in [4.78, 5) is 32.8. The number of aryl methyl sites for hydroxylation is 1. The number of rotatable bonds is 1. The highest BCUT2D eigenvalue weighted by atomic mass is 16.2. The number of carbonyl (C=O) groups excluding carboxylic acids is 2. The van der Waals surface area contributed by atoms with Gasteiger partial charge in [0.05, 0.1) is 5.92 Å². The van der Waals surface area contributed by atoms with Crippen molar-refractivity contribution in [1.29, 1.82) is 0 Å². The highest BCUT2D eigenvalue weighted by Crippen LogP contribution is 2.32. The molecule has 1 atom stereocenters. The van der Waals surface area contributed by atoms with Crippen molar-refractivity contribution in [3.8, 4) is 0 Å². The van der Waals surface area contributed by atoms with Crippen molar-refractivity contribution in [2.75, 3.05) is 13.1 Å². The molecule has 0 aliphatic carbocycles. The Bertz CT molecular complexity index is 891. The van der Waals surface area contributed by atoms with Crippen LogP contribution in [0.5, 0.6) is 0 Å². The van der Waals surface area contributed by atoms with Gasteiger partial charge in [0.15, 0.2) is 0 Å². The fourth-order valence-corrected chi connectivity index (χ4v) is 4.35. The van der Waals surface area contributed by atoms with E-state index in [0.29, 0.717) is 19.5 Å². The fraction of sp³-hybridized carbons (Fsp3) is 0.524. The van der Waals surface area contributed by atoms with Crippen LogP contribution in [0.2, 0.25) is 0 Å². The van der Waals surface area contributed by atoms with E-state index in [2.05, 4.69) is 30.1 Å². The molecule has 2 amide bonds. The van der Waals surface area contributed by atoms with E-state index in [1.807, 2.05) is 30.6 Å². The predicted molar refractivity (Wildman–Crippen MR) is 102 cm³/mol. The Morgan fingerprint density at radius 3 is 2.73 bits per heavy atom. The van der Waals surface area contributed by atoms with E-state index in [9.17, 15) is 9.59 Å². The molecule has 2 aromatic rings. The maximum Gasteiger partial charge on any atom is 0.228 e. The summed E-state index contributed by atoms with van der Waals surface area (Å²) >= 11 is 0. The van der Waals surface area contributed by atoms with E-state index in [4.69, 9.17) is 0 Å². The molecule has 4 rings (SSSR count). The highest BCUT2D eigenvalue weighted by molar-refractivity contribution is 5.91. The first-order valence-corrected chi connectivity index (χ1v) is 9.44. The second kappa shape index (κ2) is 5.86. The Balaban J connectivity index is 1.56. The first-order chi connectivity index (χ1) is 12.3. The zero-order chi connectivity index (χ0) is 18.6. The van der Waals surface area contributed by atoms with Crippen LogP contribution in [-0.2, 0) is 22.6 Å². The third-order valence-corrected chi connectivity index (χ3v) is 5.81. The van der Waals surface area contributed by atoms with Crippen LogP contribution >= 0.6 is 0 Å². The van der Waals surface area contributed by atoms with Crippen LogP contribution in [0.4, 0.5) is 0 Å². The van der Waals surface area contributed by atoms with Gasteiger partial charge in [-0.15, -0.1) is 0 Å². The Morgan fingerprint density at radius 2 is 2.04 bits per heavy atom. The van der Waals surface area contributed by atoms with Gasteiger partial charge in [-0.1, -0.05) is 18.2 Å². The van der Waals surface area contributed by atoms with Crippen molar-refractivity contribution in [3.63, 3.8) is 0 Å². The lowest BCUT2D eigenvalue weighted by molar-refractivity contribution is -0.136. The van der Waals surface area contributed by atoms with Gasteiger partial charge in [-0.25, -0.2) is 0 Å². The number of fused-ring (bicyclic) bond motifs is 3. The minimum absolute atomic E-state index is 0.0938. The van der Waals surface area contributed by atoms with Gasteiger partial charge in [0.25, 0.3) is 0 Å². The number of para-hydroxylation sites is 1. The van der Waals surface area contributed by atoms with E-state index >= 15 is 0 Å². The number of amides is 2. The largest absolute Gasteiger partial charge is 0.358 e. The summed E-state index contributed by atoms with van der Waals surface area (Å²) < 4.78 is 0. The molecule has 0 radical (unpaired) electrons. The van der Waals surface area contributed by atoms with Gasteiger partial charge in [-0.2, -0.15) is 0 Å². The molecule has 0 spiro atoms. The van der Waals surface area contributed by atoms with Crippen molar-refractivity contribution in [3.05, 3.63) is 35.0 Å². The summed E-state index contributed by atoms with van der Waals surface area (Å²) in [6.07, 6.45) is 1.19. The number of nitrogens with one attached hydrogen (secondary N) is 1. The van der Waals surface area contributed by atoms with Gasteiger partial charge >= 0.3 is 0 Å². The van der Waals surface area contributed by atoms with Crippen molar-refractivity contribution in [2.45, 2.75) is 52.6 Å². The quantitative estimate of drug-likeness (QED) is 0.857. The smallest absolute Gasteiger partial charge is 0.228 e. The van der Waals surface area contributed by atoms with Gasteiger partial charge in [0.2, 0.25) is 11.8 Å². The zero-order valence-electron chi connectivity index (χ0n) is 16.1. The Kier molecular flexibility index (Phi) is 3.86. The monoisotopic (exact) mass is 353 g/mol. The lowest BCUT2D eigenvalue weighted by atomic mass is 10.0. The van der Waals surface area contributed by atoms with Crippen molar-refractivity contribution in [2.24, 2.45) is 5.92 Å². The van der Waals surface area contributed by atoms with Crippen LogP contribution in [0.3, 0.4) is 0 Å². The SMILES string of the molecule is Cc1cccc2c3c([nH]c12)CCN(C(=O)[C@@H]1CC(=O)N(C(C)(C)C)C1)C3. The first kappa shape index (κ1) is 17.1. The van der Waals surface area contributed by atoms with Crippen LogP contribution in [0.15, 0.2) is 18.2 Å². The summed E-state index contributed by atoms with van der Waals surface area (Å²) in [5.74, 6) is 0.00392. The number of H-pyrrole nitrogens is 1. The number of likely N-dealkylation sites (tertiary alicyclic amines) is 1. The topological polar surface area (TPSA) is 56.4 Å². The molecule has 1 fully saturated rings. The van der Waals surface area contributed by atoms with Gasteiger partial charge in [0, 0.05) is 60.2 Å². The lowest BCUT2D eigenvalue weighted by Crippen LogP contribution is -2.44. The number of hydrogen-bond acceptors (Lipinski definition) is 2. The molecule has 5 nitrogen and oxygen atoms in total. The number of benzene rings is 1. The second-order valence-electron chi connectivity index (χ2n) is 8.67. The molecule has 1 N–H and O–H groups in total. The Hall–Kier alpha value is -2.30. The van der Waals surface area contributed by atoms with Gasteiger partial charge < -0.3 is 14.8 Å². The molecular formula is C21H27N3O2. The van der Waals surface area contributed by atoms with Crippen LogP contribution in [0, 0.1) is 12.8 Å². The Morgan fingerprint density at radius 1 is 1.27 bits per heavy atom. The minimum Gasteiger partial charge on any atom is -0.358 e. The third-order valence-electron chi connectivity index (χ3n) is 5.81. The van der Waals surface area contributed by atoms with Crippen molar-refractivity contribution >= 4 is 22.7 Å². The molecular weight excluding hydrogens is 326 g/mol. The van der Waals surface area contributed by atoms with Gasteiger partial charge in [-0.3, -0.25) is 9.59 Å². The van der Waals surface area contributed by atoms with E-state index < -0.39 is 0 Å². The van der Waals surface area contributed by atoms with E-state index in [1.54, 1.807) is 0 Å². The number of carbonyl (C=O) groups is 2. The van der Waals surface area contributed by atoms with E-state index in [1.165, 1.54) is 27.7 Å². The normalized spacial score (nSPS) is 20.8. The summed E-state index contributed by atoms with van der Waals surface area (Å²) in [5, 5.41) is 1.22. The lowest BCUT2D eigenvalue weighted by Gasteiger charge is -2.33. The zero-order valence-corrected chi connectivity index (χ0v) is 16.1. The van der Waals surface area contributed by atoms with Gasteiger partial charge in [0.1, 0.15) is 0 Å². The van der Waals surface area contributed by atoms with Crippen LogP contribution in [0.25, 0.3) is 10.9 Å². The molecule has 0 unspecified atom stereocenters. The first-order valence-electron chi connectivity index (χ1n) is 9.44. The standard InChI is InChI=1S/C21H27N3O2/c1-13-6-5-7-15-16-12-23(9-8-17(16)22-19(13)15)20(26)14-10-18(25)24(11-14)21(2,3)4/h5-7,14,22H,8-12H2,1-4H3/t14-/m1/s1. The molecule has 5 heteroatoms. The van der Waals surface area contributed by atoms with E-state index in [0.717, 1.165) is 13.0 Å². The number of aromatic amines is 1. The highest BCUT2D eigenvalue weighted by Gasteiger charge is 2.41. The molecule has 26 heavy (non-hydrogen) atoms. The summed E-state index contributed by atoms with van der Waals surface area (Å²) in [7, 11) is 0. The summed E-state index contributed by atoms with van der Waals surface area (Å²) in [6, 6.07) is 6.31. The molecule has 2 aliphatic heterocycles. The predicted octanol–water partition coefficient (Wildman–Crippen LogP) is 3.01. The molecule has 0 saturated carbocycles. The minimum atomic E-state index is -0.227. The molecule has 2 aliphatic rings. The third kappa shape index (κ3) is 2.70. The molecule has 3 heterocycles. The number of aromatic nitrogens is 1. The van der Waals surface area contributed by atoms with Gasteiger partial charge in [-0.05, 0) is 33.3 Å².